The van der Waals surface area contributed by atoms with Crippen molar-refractivity contribution < 1.29 is 8.81 Å². The number of rotatable bonds is 4. The molecule has 0 spiro atoms. The average molecular weight is 390 g/mol. The fourth-order valence-corrected chi connectivity index (χ4v) is 4.08. The van der Waals surface area contributed by atoms with E-state index in [1.54, 1.807) is 12.1 Å². The highest BCUT2D eigenvalue weighted by atomic mass is 19.1. The number of aromatic nitrogens is 2. The number of halogens is 1. The number of H-pyrrole nitrogens is 1. The summed E-state index contributed by atoms with van der Waals surface area (Å²) in [5.74, 6) is 0.735. The van der Waals surface area contributed by atoms with Gasteiger partial charge >= 0.3 is 0 Å². The van der Waals surface area contributed by atoms with Gasteiger partial charge in [0.05, 0.1) is 24.5 Å². The van der Waals surface area contributed by atoms with Crippen molar-refractivity contribution in [1.82, 2.24) is 20.0 Å². The highest BCUT2D eigenvalue weighted by Crippen LogP contribution is 2.30. The fourth-order valence-electron chi connectivity index (χ4n) is 4.08. The Balaban J connectivity index is 1.37. The van der Waals surface area contributed by atoms with Gasteiger partial charge in [0.15, 0.2) is 0 Å². The molecule has 0 bridgehead atoms. The van der Waals surface area contributed by atoms with Crippen molar-refractivity contribution in [3.63, 3.8) is 0 Å². The Morgan fingerprint density at radius 2 is 1.97 bits per heavy atom. The number of hydrogen-bond acceptors (Lipinski definition) is 4. The maximum Gasteiger partial charge on any atom is 0.123 e. The molecule has 0 saturated carbocycles. The van der Waals surface area contributed by atoms with Crippen LogP contribution in [0.5, 0.6) is 0 Å². The normalized spacial score (nSPS) is 18.5. The van der Waals surface area contributed by atoms with Crippen LogP contribution in [0.3, 0.4) is 0 Å². The molecule has 4 aromatic rings. The van der Waals surface area contributed by atoms with Crippen LogP contribution in [-0.4, -0.2) is 46.7 Å². The molecule has 5 nitrogen and oxygen atoms in total. The summed E-state index contributed by atoms with van der Waals surface area (Å²) in [6.45, 7) is 3.58. The molecule has 0 amide bonds. The van der Waals surface area contributed by atoms with Crippen LogP contribution in [0.4, 0.5) is 4.39 Å². The van der Waals surface area contributed by atoms with Crippen molar-refractivity contribution >= 4 is 10.9 Å². The molecule has 2 aromatic carbocycles. The maximum atomic E-state index is 13.4. The van der Waals surface area contributed by atoms with Crippen molar-refractivity contribution in [3.8, 4) is 11.1 Å². The molecule has 29 heavy (non-hydrogen) atoms. The van der Waals surface area contributed by atoms with Gasteiger partial charge in [-0.25, -0.2) is 4.39 Å². The molecule has 5 rings (SSSR count). The van der Waals surface area contributed by atoms with Gasteiger partial charge in [0, 0.05) is 36.6 Å². The lowest BCUT2D eigenvalue weighted by Crippen LogP contribution is -2.46. The molecular formula is C23H23FN4O. The minimum absolute atomic E-state index is 0.199. The van der Waals surface area contributed by atoms with Gasteiger partial charge in [0.25, 0.3) is 0 Å². The number of nitrogens with one attached hydrogen (secondary N) is 1. The van der Waals surface area contributed by atoms with Gasteiger partial charge in [-0.3, -0.25) is 10.00 Å². The zero-order valence-electron chi connectivity index (χ0n) is 16.3. The van der Waals surface area contributed by atoms with E-state index in [4.69, 9.17) is 4.42 Å². The Bertz CT molecular complexity index is 1120. The van der Waals surface area contributed by atoms with E-state index in [1.165, 1.54) is 0 Å². The molecule has 148 valence electrons. The Morgan fingerprint density at radius 1 is 1.10 bits per heavy atom. The maximum absolute atomic E-state index is 13.4. The van der Waals surface area contributed by atoms with Crippen molar-refractivity contribution in [3.05, 3.63) is 78.1 Å². The smallest absolute Gasteiger partial charge is 0.123 e. The van der Waals surface area contributed by atoms with E-state index in [0.29, 0.717) is 0 Å². The molecule has 3 heterocycles. The molecule has 1 atom stereocenters. The van der Waals surface area contributed by atoms with Crippen LogP contribution in [0.1, 0.15) is 17.4 Å². The first-order valence-electron chi connectivity index (χ1n) is 9.85. The minimum atomic E-state index is -0.199. The fraction of sp³-hybridized carbons (Fsp3) is 0.261. The Morgan fingerprint density at radius 3 is 2.83 bits per heavy atom. The van der Waals surface area contributed by atoms with E-state index >= 15 is 0 Å². The van der Waals surface area contributed by atoms with Crippen LogP contribution >= 0.6 is 0 Å². The van der Waals surface area contributed by atoms with E-state index in [0.717, 1.165) is 59.5 Å². The quantitative estimate of drug-likeness (QED) is 0.559. The molecule has 1 aliphatic heterocycles. The summed E-state index contributed by atoms with van der Waals surface area (Å²) >= 11 is 0. The highest BCUT2D eigenvalue weighted by molar-refractivity contribution is 5.83. The number of fused-ring (bicyclic) bond motifs is 1. The standard InChI is InChI=1S/C23H23FN4O/c1-27-8-9-28(23(14-27)16-2-5-20(24)6-3-16)13-21-11-19(15-29-21)17-4-7-22-18(10-17)12-25-26-22/h2-7,10-12,15,23H,8-9,13-14H2,1H3,(H,25,26)/t23-/m1/s1. The lowest BCUT2D eigenvalue weighted by atomic mass is 10.0. The van der Waals surface area contributed by atoms with Crippen molar-refractivity contribution in [2.45, 2.75) is 12.6 Å². The summed E-state index contributed by atoms with van der Waals surface area (Å²) in [7, 11) is 2.13. The number of hydrogen-bond donors (Lipinski definition) is 1. The lowest BCUT2D eigenvalue weighted by Gasteiger charge is -2.40. The van der Waals surface area contributed by atoms with Crippen LogP contribution in [0.25, 0.3) is 22.0 Å². The minimum Gasteiger partial charge on any atom is -0.467 e. The Hall–Kier alpha value is -2.96. The molecular weight excluding hydrogens is 367 g/mol. The second-order valence-electron chi connectivity index (χ2n) is 7.77. The van der Waals surface area contributed by atoms with Gasteiger partial charge in [0.2, 0.25) is 0 Å². The van der Waals surface area contributed by atoms with Gasteiger partial charge < -0.3 is 9.32 Å². The molecule has 0 radical (unpaired) electrons. The number of furan rings is 1. The number of likely N-dealkylation sites (N-methyl/N-ethyl adjacent to an activating group) is 1. The van der Waals surface area contributed by atoms with Gasteiger partial charge in [-0.05, 0) is 48.5 Å². The molecule has 0 unspecified atom stereocenters. The topological polar surface area (TPSA) is 48.3 Å². The summed E-state index contributed by atoms with van der Waals surface area (Å²) < 4.78 is 19.3. The second kappa shape index (κ2) is 7.46. The van der Waals surface area contributed by atoms with E-state index < -0.39 is 0 Å². The van der Waals surface area contributed by atoms with Crippen LogP contribution < -0.4 is 0 Å². The van der Waals surface area contributed by atoms with Crippen LogP contribution in [0.15, 0.2) is 65.4 Å². The predicted molar refractivity (Wildman–Crippen MR) is 111 cm³/mol. The van der Waals surface area contributed by atoms with Crippen molar-refractivity contribution in [2.24, 2.45) is 0 Å². The molecule has 0 aliphatic carbocycles. The summed E-state index contributed by atoms with van der Waals surface area (Å²) in [4.78, 5) is 4.73. The van der Waals surface area contributed by atoms with Crippen LogP contribution in [-0.2, 0) is 6.54 Å². The van der Waals surface area contributed by atoms with Crippen molar-refractivity contribution in [2.75, 3.05) is 26.7 Å². The monoisotopic (exact) mass is 390 g/mol. The molecule has 1 fully saturated rings. The Labute approximate surface area is 168 Å². The zero-order chi connectivity index (χ0) is 19.8. The van der Waals surface area contributed by atoms with E-state index in [9.17, 15) is 4.39 Å². The lowest BCUT2D eigenvalue weighted by molar-refractivity contribution is 0.0772. The largest absolute Gasteiger partial charge is 0.467 e. The third-order valence-electron chi connectivity index (χ3n) is 5.74. The Kier molecular flexibility index (Phi) is 4.66. The SMILES string of the molecule is CN1CCN(Cc2cc(-c3ccc4[nH]ncc4c3)co2)[C@@H](c2ccc(F)cc2)C1. The van der Waals surface area contributed by atoms with Gasteiger partial charge in [-0.15, -0.1) is 0 Å². The second-order valence-corrected chi connectivity index (χ2v) is 7.77. The van der Waals surface area contributed by atoms with Crippen molar-refractivity contribution in [1.29, 1.82) is 0 Å². The summed E-state index contributed by atoms with van der Waals surface area (Å²) in [6, 6.07) is 15.4. The number of piperazine rings is 1. The first-order valence-corrected chi connectivity index (χ1v) is 9.85. The summed E-state index contributed by atoms with van der Waals surface area (Å²) in [5.41, 5.74) is 4.34. The average Bonchev–Trinajstić information content (AvgIpc) is 3.39. The van der Waals surface area contributed by atoms with Crippen LogP contribution in [0.2, 0.25) is 0 Å². The number of aromatic amines is 1. The molecule has 6 heteroatoms. The highest BCUT2D eigenvalue weighted by Gasteiger charge is 2.27. The van der Waals surface area contributed by atoms with Gasteiger partial charge in [-0.2, -0.15) is 5.10 Å². The van der Waals surface area contributed by atoms with Crippen LogP contribution in [0, 0.1) is 5.82 Å². The third-order valence-corrected chi connectivity index (χ3v) is 5.74. The third kappa shape index (κ3) is 3.69. The summed E-state index contributed by atoms with van der Waals surface area (Å²) in [5, 5.41) is 8.15. The van der Waals surface area contributed by atoms with Gasteiger partial charge in [-0.1, -0.05) is 18.2 Å². The number of benzene rings is 2. The molecule has 1 aliphatic rings. The molecule has 1 N–H and O–H groups in total. The van der Waals surface area contributed by atoms with Gasteiger partial charge in [0.1, 0.15) is 11.6 Å². The first kappa shape index (κ1) is 18.1. The van der Waals surface area contributed by atoms with E-state index in [-0.39, 0.29) is 11.9 Å². The van der Waals surface area contributed by atoms with E-state index in [1.807, 2.05) is 30.7 Å². The molecule has 2 aromatic heterocycles. The predicted octanol–water partition coefficient (Wildman–Crippen LogP) is 4.45. The summed E-state index contributed by atoms with van der Waals surface area (Å²) in [6.07, 6.45) is 3.65. The molecule has 1 saturated heterocycles. The van der Waals surface area contributed by atoms with E-state index in [2.05, 4.69) is 45.2 Å². The zero-order valence-corrected chi connectivity index (χ0v) is 16.3. The first-order chi connectivity index (χ1) is 14.2. The number of nitrogens with zero attached hydrogens (tertiary/aromatic N) is 3.